The van der Waals surface area contributed by atoms with Crippen LogP contribution < -0.4 is 16.1 Å². The third-order valence-electron chi connectivity index (χ3n) is 5.36. The molecule has 170 valence electrons. The highest BCUT2D eigenvalue weighted by Crippen LogP contribution is 2.30. The molecule has 4 rings (SSSR count). The van der Waals surface area contributed by atoms with Crippen LogP contribution in [0.15, 0.2) is 52.9 Å². The molecule has 1 aromatic heterocycles. The van der Waals surface area contributed by atoms with Crippen LogP contribution in [-0.2, 0) is 15.1 Å². The number of rotatable bonds is 7. The maximum absolute atomic E-state index is 12.9. The number of anilines is 2. The molecular formula is C22H22N6O3S2. The zero-order valence-electron chi connectivity index (χ0n) is 18.2. The van der Waals surface area contributed by atoms with Gasteiger partial charge in [-0.3, -0.25) is 15.0 Å². The maximum Gasteiger partial charge on any atom is 0.344 e. The molecule has 3 N–H and O–H groups in total. The first-order chi connectivity index (χ1) is 15.8. The summed E-state index contributed by atoms with van der Waals surface area (Å²) in [6, 6.07) is 14.2. The average molecular weight is 483 g/mol. The summed E-state index contributed by atoms with van der Waals surface area (Å²) in [5, 5.41) is 15.4. The Bertz CT molecular complexity index is 1220. The first-order valence-electron chi connectivity index (χ1n) is 10.1. The van der Waals surface area contributed by atoms with E-state index in [1.165, 1.54) is 28.7 Å². The summed E-state index contributed by atoms with van der Waals surface area (Å²) >= 11 is 2.49. The van der Waals surface area contributed by atoms with Crippen LogP contribution in [0.5, 0.6) is 0 Å². The van der Waals surface area contributed by atoms with Gasteiger partial charge in [0.25, 0.3) is 5.91 Å². The lowest BCUT2D eigenvalue weighted by Crippen LogP contribution is -2.48. The predicted octanol–water partition coefficient (Wildman–Crippen LogP) is 3.49. The lowest BCUT2D eigenvalue weighted by atomic mass is 9.92. The van der Waals surface area contributed by atoms with E-state index in [9.17, 15) is 14.4 Å². The number of aryl methyl sites for hydroxylation is 1. The minimum absolute atomic E-state index is 0.0305. The van der Waals surface area contributed by atoms with Gasteiger partial charge in [0.1, 0.15) is 5.54 Å². The van der Waals surface area contributed by atoms with Crippen molar-refractivity contribution < 1.29 is 14.4 Å². The van der Waals surface area contributed by atoms with Crippen LogP contribution in [0.4, 0.5) is 15.6 Å². The number of thioether (sulfide) groups is 1. The Morgan fingerprint density at radius 1 is 1.12 bits per heavy atom. The number of hydrogen-bond donors (Lipinski definition) is 3. The predicted molar refractivity (Wildman–Crippen MR) is 127 cm³/mol. The second kappa shape index (κ2) is 9.20. The van der Waals surface area contributed by atoms with Gasteiger partial charge in [-0.15, -0.1) is 10.2 Å². The topological polar surface area (TPSA) is 116 Å². The average Bonchev–Trinajstić information content (AvgIpc) is 3.34. The molecule has 0 radical (unpaired) electrons. The first-order valence-corrected chi connectivity index (χ1v) is 11.9. The summed E-state index contributed by atoms with van der Waals surface area (Å²) in [7, 11) is 0. The molecule has 2 heterocycles. The highest BCUT2D eigenvalue weighted by molar-refractivity contribution is 8.01. The van der Waals surface area contributed by atoms with Gasteiger partial charge in [-0.1, -0.05) is 65.6 Å². The van der Waals surface area contributed by atoms with Crippen molar-refractivity contribution in [2.75, 3.05) is 11.1 Å². The largest absolute Gasteiger partial charge is 0.344 e. The van der Waals surface area contributed by atoms with E-state index in [0.29, 0.717) is 15.0 Å². The van der Waals surface area contributed by atoms with Crippen molar-refractivity contribution >= 4 is 51.8 Å². The number of hydrazine groups is 1. The van der Waals surface area contributed by atoms with Crippen LogP contribution in [0.1, 0.15) is 23.6 Å². The van der Waals surface area contributed by atoms with Crippen LogP contribution in [0.3, 0.4) is 0 Å². The molecule has 4 amide bonds. The Morgan fingerprint density at radius 3 is 2.64 bits per heavy atom. The Hall–Kier alpha value is -3.44. The van der Waals surface area contributed by atoms with Crippen LogP contribution in [0.2, 0.25) is 0 Å². The Balaban J connectivity index is 1.34. The number of carbonyl (C=O) groups is 3. The number of imide groups is 1. The highest BCUT2D eigenvalue weighted by atomic mass is 32.2. The molecule has 1 atom stereocenters. The van der Waals surface area contributed by atoms with Gasteiger partial charge in [0.15, 0.2) is 4.34 Å². The van der Waals surface area contributed by atoms with E-state index < -0.39 is 23.4 Å². The molecular weight excluding hydrogens is 460 g/mol. The molecule has 33 heavy (non-hydrogen) atoms. The number of urea groups is 1. The number of amides is 4. The minimum atomic E-state index is -1.24. The molecule has 2 aromatic carbocycles. The van der Waals surface area contributed by atoms with Gasteiger partial charge >= 0.3 is 6.03 Å². The van der Waals surface area contributed by atoms with Gasteiger partial charge in [0.2, 0.25) is 11.0 Å². The number of hydrogen-bond acceptors (Lipinski definition) is 8. The molecule has 1 aliphatic rings. The van der Waals surface area contributed by atoms with E-state index in [0.717, 1.165) is 16.3 Å². The van der Waals surface area contributed by atoms with E-state index in [4.69, 9.17) is 0 Å². The Morgan fingerprint density at radius 2 is 1.88 bits per heavy atom. The van der Waals surface area contributed by atoms with Crippen molar-refractivity contribution in [2.45, 2.75) is 30.6 Å². The number of nitrogens with one attached hydrogen (secondary N) is 3. The maximum atomic E-state index is 12.9. The molecule has 0 spiro atoms. The summed E-state index contributed by atoms with van der Waals surface area (Å²) in [5.41, 5.74) is 5.01. The third kappa shape index (κ3) is 4.69. The van der Waals surface area contributed by atoms with Crippen molar-refractivity contribution in [2.24, 2.45) is 0 Å². The van der Waals surface area contributed by atoms with Gasteiger partial charge in [0, 0.05) is 5.69 Å². The smallest absolute Gasteiger partial charge is 0.330 e. The lowest BCUT2D eigenvalue weighted by Gasteiger charge is -2.22. The van der Waals surface area contributed by atoms with Crippen molar-refractivity contribution in [1.29, 1.82) is 0 Å². The van der Waals surface area contributed by atoms with Gasteiger partial charge in [0.05, 0.1) is 5.75 Å². The van der Waals surface area contributed by atoms with E-state index >= 15 is 0 Å². The van der Waals surface area contributed by atoms with Gasteiger partial charge in [-0.2, -0.15) is 5.01 Å². The molecule has 1 saturated heterocycles. The van der Waals surface area contributed by atoms with Gasteiger partial charge in [-0.05, 0) is 43.5 Å². The molecule has 1 unspecified atom stereocenters. The van der Waals surface area contributed by atoms with Gasteiger partial charge < -0.3 is 10.6 Å². The van der Waals surface area contributed by atoms with Crippen LogP contribution in [0.25, 0.3) is 0 Å². The molecule has 11 heteroatoms. The van der Waals surface area contributed by atoms with Crippen molar-refractivity contribution in [3.63, 3.8) is 0 Å². The molecule has 1 aliphatic heterocycles. The molecule has 9 nitrogen and oxygen atoms in total. The standard InChI is InChI=1S/C22H22N6O3S2/c1-13-8-7-11-16(14(13)2)23-19-25-26-21(33-19)32-12-17(29)27-28-18(30)22(3,24-20(28)31)15-9-5-4-6-10-15/h4-11H,12H2,1-3H3,(H,23,25)(H,24,31)(H,27,29). The fraction of sp³-hybridized carbons (Fsp3) is 0.227. The second-order valence-electron chi connectivity index (χ2n) is 7.63. The zero-order chi connectivity index (χ0) is 23.6. The highest BCUT2D eigenvalue weighted by Gasteiger charge is 2.49. The fourth-order valence-corrected chi connectivity index (χ4v) is 4.87. The first kappa shape index (κ1) is 22.7. The van der Waals surface area contributed by atoms with Crippen LogP contribution >= 0.6 is 23.1 Å². The second-order valence-corrected chi connectivity index (χ2v) is 9.83. The zero-order valence-corrected chi connectivity index (χ0v) is 19.8. The number of nitrogens with zero attached hydrogens (tertiary/aromatic N) is 3. The van der Waals surface area contributed by atoms with Crippen LogP contribution in [0, 0.1) is 13.8 Å². The fourth-order valence-electron chi connectivity index (χ4n) is 3.31. The van der Waals surface area contributed by atoms with Crippen LogP contribution in [-0.4, -0.2) is 38.8 Å². The Labute approximate surface area is 198 Å². The molecule has 3 aromatic rings. The van der Waals surface area contributed by atoms with Crippen molar-refractivity contribution in [3.05, 3.63) is 65.2 Å². The lowest BCUT2D eigenvalue weighted by molar-refractivity contribution is -0.138. The number of benzene rings is 2. The minimum Gasteiger partial charge on any atom is -0.330 e. The summed E-state index contributed by atoms with van der Waals surface area (Å²) in [6.07, 6.45) is 0. The van der Waals surface area contributed by atoms with E-state index in [1.54, 1.807) is 31.2 Å². The summed E-state index contributed by atoms with van der Waals surface area (Å²) < 4.78 is 0.587. The molecule has 0 saturated carbocycles. The van der Waals surface area contributed by atoms with E-state index in [2.05, 4.69) is 26.3 Å². The van der Waals surface area contributed by atoms with Gasteiger partial charge in [-0.25, -0.2) is 4.79 Å². The van der Waals surface area contributed by atoms with Crippen molar-refractivity contribution in [3.8, 4) is 0 Å². The molecule has 0 aliphatic carbocycles. The normalized spacial score (nSPS) is 17.7. The van der Waals surface area contributed by atoms with E-state index in [-0.39, 0.29) is 5.75 Å². The summed E-state index contributed by atoms with van der Waals surface area (Å²) in [5.74, 6) is -1.08. The monoisotopic (exact) mass is 482 g/mol. The number of aromatic nitrogens is 2. The summed E-state index contributed by atoms with van der Waals surface area (Å²) in [4.78, 5) is 37.7. The van der Waals surface area contributed by atoms with Crippen molar-refractivity contribution in [1.82, 2.24) is 25.9 Å². The SMILES string of the molecule is Cc1cccc(Nc2nnc(SCC(=O)NN3C(=O)NC(C)(c4ccccc4)C3=O)s2)c1C. The summed E-state index contributed by atoms with van der Waals surface area (Å²) in [6.45, 7) is 5.67. The molecule has 1 fully saturated rings. The quantitative estimate of drug-likeness (QED) is 0.349. The third-order valence-corrected chi connectivity index (χ3v) is 7.33. The number of carbonyl (C=O) groups excluding carboxylic acids is 3. The molecule has 0 bridgehead atoms. The Kier molecular flexibility index (Phi) is 6.34. The van der Waals surface area contributed by atoms with E-state index in [1.807, 2.05) is 38.1 Å².